The highest BCUT2D eigenvalue weighted by molar-refractivity contribution is 5.85. The summed E-state index contributed by atoms with van der Waals surface area (Å²) in [4.78, 5) is 13.6. The molecule has 3 N–H and O–H groups in total. The van der Waals surface area contributed by atoms with E-state index in [9.17, 15) is 4.39 Å². The number of nitrogens with zero attached hydrogens (tertiary/aromatic N) is 5. The zero-order chi connectivity index (χ0) is 22.8. The van der Waals surface area contributed by atoms with Gasteiger partial charge in [0.15, 0.2) is 11.5 Å². The van der Waals surface area contributed by atoms with E-state index in [1.165, 1.54) is 12.1 Å². The van der Waals surface area contributed by atoms with E-state index in [4.69, 9.17) is 15.2 Å². The maximum Gasteiger partial charge on any atom is 0.318 e. The van der Waals surface area contributed by atoms with Gasteiger partial charge in [0.2, 0.25) is 0 Å². The first-order valence-corrected chi connectivity index (χ1v) is 10.8. The molecule has 1 fully saturated rings. The Bertz CT molecular complexity index is 1270. The van der Waals surface area contributed by atoms with Crippen molar-refractivity contribution in [3.8, 4) is 17.3 Å². The van der Waals surface area contributed by atoms with Gasteiger partial charge in [0.25, 0.3) is 0 Å². The van der Waals surface area contributed by atoms with Crippen LogP contribution >= 0.6 is 0 Å². The lowest BCUT2D eigenvalue weighted by Gasteiger charge is -2.17. The van der Waals surface area contributed by atoms with Gasteiger partial charge in [-0.15, -0.1) is 5.10 Å². The summed E-state index contributed by atoms with van der Waals surface area (Å²) >= 11 is 0. The van der Waals surface area contributed by atoms with Gasteiger partial charge in [0.1, 0.15) is 11.6 Å². The van der Waals surface area contributed by atoms with Crippen molar-refractivity contribution in [3.63, 3.8) is 0 Å². The summed E-state index contributed by atoms with van der Waals surface area (Å²) in [6, 6.07) is 9.99. The van der Waals surface area contributed by atoms with Crippen LogP contribution in [-0.4, -0.2) is 44.4 Å². The van der Waals surface area contributed by atoms with Crippen molar-refractivity contribution < 1.29 is 18.1 Å². The summed E-state index contributed by atoms with van der Waals surface area (Å²) in [6.45, 7) is 3.83. The average molecular weight is 456 g/mol. The van der Waals surface area contributed by atoms with Crippen LogP contribution in [0.3, 0.4) is 0 Å². The molecule has 10 heteroatoms. The van der Waals surface area contributed by atoms with Crippen LogP contribution in [0.2, 0.25) is 0 Å². The van der Waals surface area contributed by atoms with Crippen molar-refractivity contribution in [1.29, 1.82) is 0 Å². The number of halogens is 1. The van der Waals surface area contributed by atoms with Gasteiger partial charge >= 0.3 is 6.01 Å². The average Bonchev–Trinajstić information content (AvgIpc) is 3.44. The number of anilines is 2. The van der Waals surface area contributed by atoms with E-state index < -0.39 is 0 Å². The number of nitrogen functional groups attached to an aromatic ring is 1. The topological polar surface area (TPSA) is 112 Å². The van der Waals surface area contributed by atoms with Gasteiger partial charge < -0.3 is 20.5 Å². The smallest absolute Gasteiger partial charge is 0.318 e. The van der Waals surface area contributed by atoms with Gasteiger partial charge in [-0.1, -0.05) is 12.1 Å². The summed E-state index contributed by atoms with van der Waals surface area (Å²) < 4.78 is 26.3. The number of hydrogen-bond donors (Lipinski definition) is 2. The monoisotopic (exact) mass is 455 g/mol. The first-order valence-electron chi connectivity index (χ1n) is 10.8. The fourth-order valence-corrected chi connectivity index (χ4v) is 3.81. The molecule has 33 heavy (non-hydrogen) atoms. The normalized spacial score (nSPS) is 16.7. The Kier molecular flexibility index (Phi) is 5.74. The summed E-state index contributed by atoms with van der Waals surface area (Å²) in [6.07, 6.45) is 4.39. The minimum absolute atomic E-state index is 0. The molecule has 176 valence electrons. The molecule has 0 spiro atoms. The molecule has 2 atom stereocenters. The molecule has 4 heterocycles. The molecule has 0 bridgehead atoms. The van der Waals surface area contributed by atoms with Crippen LogP contribution < -0.4 is 15.8 Å². The molecule has 9 nitrogen and oxygen atoms in total. The fraction of sp³-hybridized carbons (Fsp3) is 0.304. The van der Waals surface area contributed by atoms with Gasteiger partial charge in [-0.05, 0) is 37.1 Å². The second kappa shape index (κ2) is 8.99. The predicted molar refractivity (Wildman–Crippen MR) is 128 cm³/mol. The molecule has 1 saturated heterocycles. The highest BCUT2D eigenvalue weighted by Gasteiger charge is 2.20. The Morgan fingerprint density at radius 2 is 2.18 bits per heavy atom. The fourth-order valence-electron chi connectivity index (χ4n) is 3.81. The van der Waals surface area contributed by atoms with Gasteiger partial charge in [0.05, 0.1) is 24.5 Å². The molecule has 0 saturated carbocycles. The van der Waals surface area contributed by atoms with Crippen molar-refractivity contribution in [2.45, 2.75) is 19.4 Å². The van der Waals surface area contributed by atoms with E-state index in [0.29, 0.717) is 47.7 Å². The number of fused-ring (bicyclic) bond motifs is 1. The number of nitrogens with one attached hydrogen (secondary N) is 1. The Morgan fingerprint density at radius 3 is 2.97 bits per heavy atom. The van der Waals surface area contributed by atoms with Crippen LogP contribution in [0.5, 0.6) is 6.01 Å². The predicted octanol–water partition coefficient (Wildman–Crippen LogP) is 4.23. The lowest BCUT2D eigenvalue weighted by atomic mass is 10.1. The Labute approximate surface area is 194 Å². The van der Waals surface area contributed by atoms with E-state index >= 15 is 0 Å². The molecule has 0 radical (unpaired) electrons. The van der Waals surface area contributed by atoms with E-state index in [1.807, 2.05) is 6.92 Å². The second-order valence-electron chi connectivity index (χ2n) is 8.03. The molecule has 0 amide bonds. The third-order valence-electron chi connectivity index (χ3n) is 5.59. The van der Waals surface area contributed by atoms with Gasteiger partial charge in [-0.3, -0.25) is 0 Å². The third kappa shape index (κ3) is 4.56. The largest absolute Gasteiger partial charge is 0.463 e. The number of nitrogens with two attached hydrogens (primary N) is 1. The molecule has 1 unspecified atom stereocenters. The molecule has 5 rings (SSSR count). The molecule has 1 aromatic carbocycles. The van der Waals surface area contributed by atoms with Crippen LogP contribution in [0.25, 0.3) is 16.9 Å². The van der Waals surface area contributed by atoms with Crippen LogP contribution in [0, 0.1) is 11.7 Å². The van der Waals surface area contributed by atoms with Gasteiger partial charge in [-0.25, -0.2) is 13.9 Å². The van der Waals surface area contributed by atoms with E-state index in [1.54, 1.807) is 41.2 Å². The summed E-state index contributed by atoms with van der Waals surface area (Å²) in [7, 11) is 0. The highest BCUT2D eigenvalue weighted by atomic mass is 19.1. The van der Waals surface area contributed by atoms with Crippen LogP contribution in [0.4, 0.5) is 16.0 Å². The molecular weight excluding hydrogens is 425 g/mol. The van der Waals surface area contributed by atoms with Crippen LogP contribution in [0.1, 0.15) is 29.2 Å². The molecule has 3 aromatic heterocycles. The highest BCUT2D eigenvalue weighted by Crippen LogP contribution is 2.31. The quantitative estimate of drug-likeness (QED) is 0.426. The van der Waals surface area contributed by atoms with Crippen molar-refractivity contribution in [3.05, 3.63) is 60.2 Å². The number of hydrogen-bond acceptors (Lipinski definition) is 8. The van der Waals surface area contributed by atoms with Crippen molar-refractivity contribution in [1.82, 2.24) is 24.6 Å². The zero-order valence-corrected chi connectivity index (χ0v) is 18.1. The number of benzene rings is 1. The molecular formula is C23H30FN7O2. The van der Waals surface area contributed by atoms with Crippen molar-refractivity contribution in [2.24, 2.45) is 5.92 Å². The zero-order valence-electron chi connectivity index (χ0n) is 18.1. The lowest BCUT2D eigenvalue weighted by Crippen LogP contribution is -2.14. The second-order valence-corrected chi connectivity index (χ2v) is 8.03. The Morgan fingerprint density at radius 1 is 1.33 bits per heavy atom. The van der Waals surface area contributed by atoms with Gasteiger partial charge in [-0.2, -0.15) is 9.97 Å². The van der Waals surface area contributed by atoms with Crippen LogP contribution in [0.15, 0.2) is 48.8 Å². The minimum Gasteiger partial charge on any atom is -0.463 e. The maximum atomic E-state index is 13.3. The third-order valence-corrected chi connectivity index (χ3v) is 5.59. The number of aromatic nitrogens is 5. The number of ether oxygens (including phenoxy) is 2. The molecule has 4 aromatic rings. The SMILES string of the molecule is C[C@H](Nc1cc(-c2c(N)nn3cccnc23)nc(OCC2CCOC2)n1)c1ccc(F)cc1.[HH].[HH].[HH]. The minimum atomic E-state index is -0.280. The van der Waals surface area contributed by atoms with Crippen molar-refractivity contribution in [2.75, 3.05) is 30.9 Å². The Balaban J connectivity index is 0.00000152. The lowest BCUT2D eigenvalue weighted by molar-refractivity contribution is 0.163. The first kappa shape index (κ1) is 21.1. The number of rotatable bonds is 7. The molecule has 1 aliphatic heterocycles. The van der Waals surface area contributed by atoms with Gasteiger partial charge in [0, 0.05) is 41.3 Å². The standard InChI is InChI=1S/C23H24FN7O2.3H2/c1-14(16-3-5-17(24)6-4-16)27-19-11-18(20-21(25)30-31-9-2-8-26-22(20)31)28-23(29-19)33-13-15-7-10-32-12-15;;;/h2-6,8-9,11,14-15H,7,10,12-13H2,1H3,(H2,25,30)(H,27,28,29);3*1H/t14-,15?;;;/m0.../s1. The van der Waals surface area contributed by atoms with E-state index in [0.717, 1.165) is 18.6 Å². The summed E-state index contributed by atoms with van der Waals surface area (Å²) in [5.41, 5.74) is 8.87. The Hall–Kier alpha value is -3.79. The van der Waals surface area contributed by atoms with E-state index in [-0.39, 0.29) is 22.1 Å². The van der Waals surface area contributed by atoms with Crippen LogP contribution in [-0.2, 0) is 4.74 Å². The van der Waals surface area contributed by atoms with Crippen molar-refractivity contribution >= 4 is 17.3 Å². The maximum absolute atomic E-state index is 13.3. The molecule has 1 aliphatic rings. The first-order chi connectivity index (χ1) is 16.1. The summed E-state index contributed by atoms with van der Waals surface area (Å²) in [5, 5.41) is 7.68. The molecule has 0 aliphatic carbocycles. The van der Waals surface area contributed by atoms with E-state index in [2.05, 4.69) is 25.4 Å². The summed E-state index contributed by atoms with van der Waals surface area (Å²) in [5.74, 6) is 0.873.